The van der Waals surface area contributed by atoms with Gasteiger partial charge >= 0.3 is 0 Å². The van der Waals surface area contributed by atoms with Gasteiger partial charge in [0, 0.05) is 50.3 Å². The molecule has 0 bridgehead atoms. The molecule has 150 valence electrons. The number of nitrogens with one attached hydrogen (secondary N) is 2. The molecule has 2 heterocycles. The Labute approximate surface area is 184 Å². The summed E-state index contributed by atoms with van der Waals surface area (Å²) >= 11 is 0. The van der Waals surface area contributed by atoms with E-state index in [0.717, 1.165) is 45.0 Å². The fourth-order valence-corrected chi connectivity index (χ4v) is 3.21. The van der Waals surface area contributed by atoms with Crippen molar-refractivity contribution in [3.05, 3.63) is 66.1 Å². The van der Waals surface area contributed by atoms with Crippen LogP contribution in [0.5, 0.6) is 0 Å². The van der Waals surface area contributed by atoms with E-state index in [2.05, 4.69) is 76.6 Å². The van der Waals surface area contributed by atoms with Crippen LogP contribution in [0, 0.1) is 6.92 Å². The first-order valence-corrected chi connectivity index (χ1v) is 9.73. The van der Waals surface area contributed by atoms with Gasteiger partial charge in [0.25, 0.3) is 0 Å². The number of pyridine rings is 1. The number of hydrogen-bond acceptors (Lipinski definition) is 2. The highest BCUT2D eigenvalue weighted by molar-refractivity contribution is 14.0. The number of fused-ring (bicyclic) bond motifs is 1. The fourth-order valence-electron chi connectivity index (χ4n) is 3.21. The Bertz CT molecular complexity index is 887. The van der Waals surface area contributed by atoms with Gasteiger partial charge < -0.3 is 15.2 Å². The predicted octanol–water partition coefficient (Wildman–Crippen LogP) is 4.15. The molecule has 0 saturated heterocycles. The zero-order chi connectivity index (χ0) is 18.9. The second-order valence-corrected chi connectivity index (χ2v) is 6.66. The highest BCUT2D eigenvalue weighted by Crippen LogP contribution is 2.15. The van der Waals surface area contributed by atoms with E-state index in [4.69, 9.17) is 4.99 Å². The molecule has 0 aliphatic heterocycles. The Morgan fingerprint density at radius 2 is 2.00 bits per heavy atom. The third-order valence-electron chi connectivity index (χ3n) is 4.67. The molecule has 6 heteroatoms. The first kappa shape index (κ1) is 22.2. The van der Waals surface area contributed by atoms with E-state index in [9.17, 15) is 0 Å². The number of para-hydroxylation sites is 1. The molecule has 2 aromatic heterocycles. The molecule has 0 radical (unpaired) electrons. The SMILES string of the molecule is CCNC(=NCCCn1ccc2ccccc21)NCCc1ccncc1C.I. The van der Waals surface area contributed by atoms with Crippen molar-refractivity contribution in [3.8, 4) is 0 Å². The molecule has 0 spiro atoms. The number of aryl methyl sites for hydroxylation is 2. The van der Waals surface area contributed by atoms with Crippen molar-refractivity contribution >= 4 is 40.8 Å². The summed E-state index contributed by atoms with van der Waals surface area (Å²) in [6.07, 6.45) is 7.91. The van der Waals surface area contributed by atoms with Crippen molar-refractivity contribution in [1.29, 1.82) is 0 Å². The quantitative estimate of drug-likeness (QED) is 0.216. The van der Waals surface area contributed by atoms with Crippen LogP contribution in [0.15, 0.2) is 60.0 Å². The average molecular weight is 491 g/mol. The van der Waals surface area contributed by atoms with Gasteiger partial charge in [0.05, 0.1) is 0 Å². The lowest BCUT2D eigenvalue weighted by Gasteiger charge is -2.12. The van der Waals surface area contributed by atoms with E-state index >= 15 is 0 Å². The van der Waals surface area contributed by atoms with Crippen LogP contribution in [0.4, 0.5) is 0 Å². The molecular formula is C22H30IN5. The average Bonchev–Trinajstić information content (AvgIpc) is 3.10. The monoisotopic (exact) mass is 491 g/mol. The van der Waals surface area contributed by atoms with Gasteiger partial charge in [-0.2, -0.15) is 0 Å². The molecule has 0 saturated carbocycles. The number of guanidine groups is 1. The summed E-state index contributed by atoms with van der Waals surface area (Å²) in [6, 6.07) is 12.8. The van der Waals surface area contributed by atoms with Crippen molar-refractivity contribution in [2.24, 2.45) is 4.99 Å². The number of benzene rings is 1. The van der Waals surface area contributed by atoms with Gasteiger partial charge in [0.15, 0.2) is 5.96 Å². The maximum absolute atomic E-state index is 4.72. The van der Waals surface area contributed by atoms with Gasteiger partial charge in [-0.25, -0.2) is 0 Å². The van der Waals surface area contributed by atoms with Gasteiger partial charge in [-0.3, -0.25) is 9.98 Å². The Balaban J connectivity index is 0.00000280. The van der Waals surface area contributed by atoms with Crippen LogP contribution in [0.1, 0.15) is 24.5 Å². The van der Waals surface area contributed by atoms with E-state index in [1.54, 1.807) is 0 Å². The lowest BCUT2D eigenvalue weighted by atomic mass is 10.1. The van der Waals surface area contributed by atoms with Crippen molar-refractivity contribution in [2.45, 2.75) is 33.2 Å². The summed E-state index contributed by atoms with van der Waals surface area (Å²) in [6.45, 7) is 7.70. The van der Waals surface area contributed by atoms with E-state index in [-0.39, 0.29) is 24.0 Å². The predicted molar refractivity (Wildman–Crippen MR) is 129 cm³/mol. The molecule has 1 aromatic carbocycles. The molecule has 0 atom stereocenters. The van der Waals surface area contributed by atoms with Crippen LogP contribution in [0.25, 0.3) is 10.9 Å². The first-order valence-electron chi connectivity index (χ1n) is 9.73. The number of nitrogens with zero attached hydrogens (tertiary/aromatic N) is 3. The summed E-state index contributed by atoms with van der Waals surface area (Å²) < 4.78 is 2.30. The van der Waals surface area contributed by atoms with E-state index in [1.165, 1.54) is 22.0 Å². The maximum atomic E-state index is 4.72. The smallest absolute Gasteiger partial charge is 0.191 e. The lowest BCUT2D eigenvalue weighted by molar-refractivity contribution is 0.666. The first-order chi connectivity index (χ1) is 13.3. The van der Waals surface area contributed by atoms with Crippen molar-refractivity contribution in [3.63, 3.8) is 0 Å². The molecule has 3 rings (SSSR count). The standard InChI is InChI=1S/C22H29N5.HI/c1-3-24-22(26-14-10-19-9-13-23-17-18(19)2)25-12-6-15-27-16-11-20-7-4-5-8-21(20)27;/h4-5,7-9,11,13,16-17H,3,6,10,12,14-15H2,1-2H3,(H2,24,25,26);1H. The normalized spacial score (nSPS) is 11.3. The van der Waals surface area contributed by atoms with Gasteiger partial charge in [0.2, 0.25) is 0 Å². The van der Waals surface area contributed by atoms with Crippen LogP contribution in [0.3, 0.4) is 0 Å². The maximum Gasteiger partial charge on any atom is 0.191 e. The summed E-state index contributed by atoms with van der Waals surface area (Å²) in [5, 5.41) is 8.05. The minimum atomic E-state index is 0. The van der Waals surface area contributed by atoms with Gasteiger partial charge in [-0.15, -0.1) is 24.0 Å². The van der Waals surface area contributed by atoms with Crippen molar-refractivity contribution in [2.75, 3.05) is 19.6 Å². The number of hydrogen-bond donors (Lipinski definition) is 2. The topological polar surface area (TPSA) is 54.2 Å². The van der Waals surface area contributed by atoms with E-state index in [1.807, 2.05) is 12.4 Å². The van der Waals surface area contributed by atoms with Gasteiger partial charge in [0.1, 0.15) is 0 Å². The summed E-state index contributed by atoms with van der Waals surface area (Å²) in [4.78, 5) is 8.86. The molecular weight excluding hydrogens is 461 g/mol. The van der Waals surface area contributed by atoms with Crippen LogP contribution in [-0.4, -0.2) is 35.1 Å². The highest BCUT2D eigenvalue weighted by Gasteiger charge is 2.01. The Hall–Kier alpha value is -2.09. The summed E-state index contributed by atoms with van der Waals surface area (Å²) in [5.74, 6) is 0.890. The zero-order valence-electron chi connectivity index (χ0n) is 16.7. The van der Waals surface area contributed by atoms with Crippen LogP contribution >= 0.6 is 24.0 Å². The Kier molecular flexibility index (Phi) is 9.27. The second-order valence-electron chi connectivity index (χ2n) is 6.66. The van der Waals surface area contributed by atoms with Crippen LogP contribution in [-0.2, 0) is 13.0 Å². The third kappa shape index (κ3) is 6.22. The molecule has 5 nitrogen and oxygen atoms in total. The Morgan fingerprint density at radius 3 is 2.82 bits per heavy atom. The molecule has 0 aliphatic carbocycles. The zero-order valence-corrected chi connectivity index (χ0v) is 19.0. The largest absolute Gasteiger partial charge is 0.357 e. The van der Waals surface area contributed by atoms with Crippen LogP contribution < -0.4 is 10.6 Å². The van der Waals surface area contributed by atoms with Crippen molar-refractivity contribution < 1.29 is 0 Å². The lowest BCUT2D eigenvalue weighted by Crippen LogP contribution is -2.38. The van der Waals surface area contributed by atoms with E-state index in [0.29, 0.717) is 0 Å². The number of aliphatic imine (C=N–C) groups is 1. The number of rotatable bonds is 8. The molecule has 3 aromatic rings. The summed E-state index contributed by atoms with van der Waals surface area (Å²) in [7, 11) is 0. The van der Waals surface area contributed by atoms with Crippen LogP contribution in [0.2, 0.25) is 0 Å². The van der Waals surface area contributed by atoms with Gasteiger partial charge in [-0.1, -0.05) is 18.2 Å². The summed E-state index contributed by atoms with van der Waals surface area (Å²) in [5.41, 5.74) is 3.85. The molecule has 0 unspecified atom stereocenters. The second kappa shape index (κ2) is 11.7. The minimum Gasteiger partial charge on any atom is -0.357 e. The Morgan fingerprint density at radius 1 is 1.14 bits per heavy atom. The molecule has 0 aliphatic rings. The highest BCUT2D eigenvalue weighted by atomic mass is 127. The number of aromatic nitrogens is 2. The molecule has 0 fully saturated rings. The minimum absolute atomic E-state index is 0. The molecule has 0 amide bonds. The molecule has 28 heavy (non-hydrogen) atoms. The van der Waals surface area contributed by atoms with E-state index < -0.39 is 0 Å². The van der Waals surface area contributed by atoms with Gasteiger partial charge in [-0.05, 0) is 61.4 Å². The van der Waals surface area contributed by atoms with Crippen molar-refractivity contribution in [1.82, 2.24) is 20.2 Å². The fraction of sp³-hybridized carbons (Fsp3) is 0.364. The number of halogens is 1. The molecule has 2 N–H and O–H groups in total. The third-order valence-corrected chi connectivity index (χ3v) is 4.67.